The van der Waals surface area contributed by atoms with Crippen LogP contribution in [0, 0.1) is 0 Å². The van der Waals surface area contributed by atoms with Crippen molar-refractivity contribution in [3.63, 3.8) is 0 Å². The molecule has 1 saturated heterocycles. The van der Waals surface area contributed by atoms with E-state index in [-0.39, 0.29) is 19.5 Å². The summed E-state index contributed by atoms with van der Waals surface area (Å²) in [6.45, 7) is 1.87. The molecule has 4 amide bonds. The number of urea groups is 1. The van der Waals surface area contributed by atoms with Gasteiger partial charge in [-0.3, -0.25) is 19.7 Å². The largest absolute Gasteiger partial charge is 0.325 e. The maximum Gasteiger partial charge on any atom is 0.325 e. The van der Waals surface area contributed by atoms with Gasteiger partial charge in [0.05, 0.1) is 13.1 Å². The van der Waals surface area contributed by atoms with Gasteiger partial charge in [-0.1, -0.05) is 50.1 Å². The number of carbonyl (C=O) groups is 3. The Morgan fingerprint density at radius 3 is 2.61 bits per heavy atom. The second-order valence-electron chi connectivity index (χ2n) is 5.70. The highest BCUT2D eigenvalue weighted by molar-refractivity contribution is 6.07. The first-order valence-electron chi connectivity index (χ1n) is 7.61. The van der Waals surface area contributed by atoms with E-state index < -0.39 is 17.5 Å². The summed E-state index contributed by atoms with van der Waals surface area (Å²) < 4.78 is 0. The molecule has 1 aliphatic rings. The van der Waals surface area contributed by atoms with Crippen molar-refractivity contribution in [3.05, 3.63) is 35.9 Å². The maximum atomic E-state index is 12.8. The fraction of sp³-hybridized carbons (Fsp3) is 0.438. The molecule has 7 heteroatoms. The van der Waals surface area contributed by atoms with Gasteiger partial charge in [-0.25, -0.2) is 9.86 Å². The predicted molar refractivity (Wildman–Crippen MR) is 82.3 cm³/mol. The van der Waals surface area contributed by atoms with Crippen molar-refractivity contribution in [3.8, 4) is 0 Å². The second-order valence-corrected chi connectivity index (χ2v) is 5.70. The number of unbranched alkanes of at least 4 members (excludes halogenated alkanes) is 1. The van der Waals surface area contributed by atoms with Gasteiger partial charge in [0.25, 0.3) is 5.91 Å². The minimum atomic E-state index is -1.27. The lowest BCUT2D eigenvalue weighted by Crippen LogP contribution is -2.54. The molecule has 0 unspecified atom stereocenters. The minimum absolute atomic E-state index is 0.159. The number of carbonyl (C=O) groups excluding carboxylic acids is 3. The Labute approximate surface area is 134 Å². The lowest BCUT2D eigenvalue weighted by Gasteiger charge is -2.28. The summed E-state index contributed by atoms with van der Waals surface area (Å²) in [5.74, 6) is -0.416. The monoisotopic (exact) mass is 319 g/mol. The van der Waals surface area contributed by atoms with E-state index in [1.165, 1.54) is 0 Å². The van der Waals surface area contributed by atoms with Crippen LogP contribution >= 0.6 is 0 Å². The van der Waals surface area contributed by atoms with E-state index in [2.05, 4.69) is 5.32 Å². The number of rotatable bonds is 8. The molecule has 0 spiro atoms. The number of nitrogens with zero attached hydrogens (tertiary/aromatic N) is 2. The molecule has 0 aromatic heterocycles. The Morgan fingerprint density at radius 2 is 2.00 bits per heavy atom. The van der Waals surface area contributed by atoms with Gasteiger partial charge in [-0.2, -0.15) is 0 Å². The van der Waals surface area contributed by atoms with Crippen molar-refractivity contribution in [2.75, 3.05) is 6.54 Å². The van der Waals surface area contributed by atoms with Crippen LogP contribution in [0.15, 0.2) is 30.3 Å². The maximum absolute atomic E-state index is 12.8. The van der Waals surface area contributed by atoms with E-state index >= 15 is 0 Å². The summed E-state index contributed by atoms with van der Waals surface area (Å²) >= 11 is 0. The number of amides is 4. The van der Waals surface area contributed by atoms with Crippen LogP contribution in [-0.4, -0.2) is 45.6 Å². The molecule has 0 saturated carbocycles. The summed E-state index contributed by atoms with van der Waals surface area (Å²) in [7, 11) is 0. The first-order valence-corrected chi connectivity index (χ1v) is 7.61. The topological polar surface area (TPSA) is 89.9 Å². The lowest BCUT2D eigenvalue weighted by atomic mass is 9.92. The predicted octanol–water partition coefficient (Wildman–Crippen LogP) is 1.51. The number of nitrogens with one attached hydrogen (secondary N) is 1. The average Bonchev–Trinajstić information content (AvgIpc) is 2.78. The number of benzene rings is 1. The molecule has 0 bridgehead atoms. The standard InChI is InChI=1S/C16H21N3O4/c1-2-3-9-16(11-18(23)12-20)14(21)19(15(22)17-16)10-13-7-5-4-6-8-13/h4-8,12,23H,2-3,9-11H2,1H3,(H,17,22)/t16-/m0/s1. The van der Waals surface area contributed by atoms with E-state index in [9.17, 15) is 19.6 Å². The van der Waals surface area contributed by atoms with Crippen LogP contribution in [-0.2, 0) is 16.1 Å². The average molecular weight is 319 g/mol. The van der Waals surface area contributed by atoms with Crippen molar-refractivity contribution in [1.29, 1.82) is 0 Å². The van der Waals surface area contributed by atoms with E-state index in [0.717, 1.165) is 16.9 Å². The normalized spacial score (nSPS) is 20.5. The van der Waals surface area contributed by atoms with Crippen molar-refractivity contribution >= 4 is 18.3 Å². The van der Waals surface area contributed by atoms with Crippen molar-refractivity contribution in [2.45, 2.75) is 38.3 Å². The Kier molecular flexibility index (Phi) is 5.33. The Bertz CT molecular complexity index is 578. The summed E-state index contributed by atoms with van der Waals surface area (Å²) in [5.41, 5.74) is -0.434. The minimum Gasteiger partial charge on any atom is -0.321 e. The fourth-order valence-electron chi connectivity index (χ4n) is 2.73. The highest BCUT2D eigenvalue weighted by atomic mass is 16.5. The van der Waals surface area contributed by atoms with Gasteiger partial charge < -0.3 is 5.32 Å². The van der Waals surface area contributed by atoms with Crippen LogP contribution in [0.4, 0.5) is 4.79 Å². The Morgan fingerprint density at radius 1 is 1.30 bits per heavy atom. The summed E-state index contributed by atoms with van der Waals surface area (Å²) in [5, 5.41) is 12.6. The third-order valence-corrected chi connectivity index (χ3v) is 3.94. The molecule has 1 aromatic carbocycles. The van der Waals surface area contributed by atoms with Crippen LogP contribution in [0.2, 0.25) is 0 Å². The van der Waals surface area contributed by atoms with E-state index in [0.29, 0.717) is 17.9 Å². The first-order chi connectivity index (χ1) is 11.0. The summed E-state index contributed by atoms with van der Waals surface area (Å²) in [4.78, 5) is 36.9. The van der Waals surface area contributed by atoms with Gasteiger partial charge in [0.1, 0.15) is 5.54 Å². The molecule has 0 aliphatic carbocycles. The molecule has 1 heterocycles. The molecule has 1 aromatic rings. The Balaban J connectivity index is 2.22. The molecule has 23 heavy (non-hydrogen) atoms. The van der Waals surface area contributed by atoms with Crippen LogP contribution < -0.4 is 5.32 Å². The number of hydroxylamine groups is 2. The smallest absolute Gasteiger partial charge is 0.321 e. The molecule has 7 nitrogen and oxygen atoms in total. The highest BCUT2D eigenvalue weighted by Crippen LogP contribution is 2.26. The van der Waals surface area contributed by atoms with Gasteiger partial charge in [0.15, 0.2) is 0 Å². The first kappa shape index (κ1) is 17.0. The van der Waals surface area contributed by atoms with Gasteiger partial charge in [-0.15, -0.1) is 0 Å². The van der Waals surface area contributed by atoms with Crippen molar-refractivity contribution in [2.24, 2.45) is 0 Å². The summed E-state index contributed by atoms with van der Waals surface area (Å²) in [6.07, 6.45) is 2.12. The molecule has 2 rings (SSSR count). The lowest BCUT2D eigenvalue weighted by molar-refractivity contribution is -0.157. The summed E-state index contributed by atoms with van der Waals surface area (Å²) in [6, 6.07) is 8.68. The quantitative estimate of drug-likeness (QED) is 0.329. The van der Waals surface area contributed by atoms with E-state index in [1.807, 2.05) is 37.3 Å². The third-order valence-electron chi connectivity index (χ3n) is 3.94. The SMILES string of the molecule is CCCC[C@@]1(CN(O)C=O)NC(=O)N(Cc2ccccc2)C1=O. The molecule has 2 N–H and O–H groups in total. The van der Waals surface area contributed by atoms with Gasteiger partial charge in [0, 0.05) is 0 Å². The van der Waals surface area contributed by atoms with Crippen LogP contribution in [0.25, 0.3) is 0 Å². The van der Waals surface area contributed by atoms with Crippen molar-refractivity contribution < 1.29 is 19.6 Å². The zero-order chi connectivity index (χ0) is 16.9. The van der Waals surface area contributed by atoms with Gasteiger partial charge in [0.2, 0.25) is 6.41 Å². The van der Waals surface area contributed by atoms with Crippen LogP contribution in [0.1, 0.15) is 31.7 Å². The van der Waals surface area contributed by atoms with Crippen LogP contribution in [0.5, 0.6) is 0 Å². The molecule has 1 aliphatic heterocycles. The van der Waals surface area contributed by atoms with Gasteiger partial charge in [-0.05, 0) is 12.0 Å². The molecule has 124 valence electrons. The van der Waals surface area contributed by atoms with Gasteiger partial charge >= 0.3 is 6.03 Å². The highest BCUT2D eigenvalue weighted by Gasteiger charge is 2.51. The fourth-order valence-corrected chi connectivity index (χ4v) is 2.73. The molecule has 1 fully saturated rings. The van der Waals surface area contributed by atoms with E-state index in [4.69, 9.17) is 0 Å². The van der Waals surface area contributed by atoms with E-state index in [1.54, 1.807) is 0 Å². The number of imide groups is 1. The molecule has 1 atom stereocenters. The molecular formula is C16H21N3O4. The zero-order valence-corrected chi connectivity index (χ0v) is 13.1. The van der Waals surface area contributed by atoms with Crippen molar-refractivity contribution in [1.82, 2.24) is 15.3 Å². The second kappa shape index (κ2) is 7.23. The molecular weight excluding hydrogens is 298 g/mol. The number of hydrogen-bond donors (Lipinski definition) is 2. The molecule has 0 radical (unpaired) electrons. The Hall–Kier alpha value is -2.41. The zero-order valence-electron chi connectivity index (χ0n) is 13.1. The third kappa shape index (κ3) is 3.68. The van der Waals surface area contributed by atoms with Crippen LogP contribution in [0.3, 0.4) is 0 Å². The number of hydrogen-bond acceptors (Lipinski definition) is 4.